The first-order valence-corrected chi connectivity index (χ1v) is 2.43. The van der Waals surface area contributed by atoms with E-state index in [9.17, 15) is 0 Å². The quantitative estimate of drug-likeness (QED) is 0.496. The van der Waals surface area contributed by atoms with Gasteiger partial charge in [0.1, 0.15) is 0 Å². The van der Waals surface area contributed by atoms with Crippen molar-refractivity contribution < 1.29 is 0 Å². The van der Waals surface area contributed by atoms with Crippen molar-refractivity contribution in [2.75, 3.05) is 0 Å². The molecule has 0 aromatic heterocycles. The number of allylic oxidation sites excluding steroid dienone is 2. The molecule has 0 amide bonds. The molecule has 7 heavy (non-hydrogen) atoms. The van der Waals surface area contributed by atoms with E-state index in [0.717, 1.165) is 6.42 Å². The average Bonchev–Trinajstić information content (AvgIpc) is 1.61. The van der Waals surface area contributed by atoms with E-state index >= 15 is 0 Å². The molecule has 0 aliphatic rings. The molecule has 0 atom stereocenters. The minimum atomic E-state index is 0.583. The molecule has 1 radical (unpaired) electrons. The van der Waals surface area contributed by atoms with Gasteiger partial charge in [-0.1, -0.05) is 24.3 Å². The van der Waals surface area contributed by atoms with Crippen LogP contribution in [0.1, 0.15) is 6.42 Å². The Hall–Kier alpha value is -0.230. The predicted molar refractivity (Wildman–Crippen MR) is 34.1 cm³/mol. The Morgan fingerprint density at radius 2 is 2.29 bits per heavy atom. The van der Waals surface area contributed by atoms with Gasteiger partial charge in [0.05, 0.1) is 0 Å². The Bertz CT molecular complexity index is 74.2. The molecular formula is C6H8Cl. The van der Waals surface area contributed by atoms with Crippen LogP contribution in [0.5, 0.6) is 0 Å². The van der Waals surface area contributed by atoms with Crippen LogP contribution in [0.25, 0.3) is 0 Å². The predicted octanol–water partition coefficient (Wildman–Crippen LogP) is 2.52. The summed E-state index contributed by atoms with van der Waals surface area (Å²) in [5.41, 5.74) is 0. The Kier molecular flexibility index (Phi) is 3.81. The Morgan fingerprint density at radius 3 is 2.43 bits per heavy atom. The maximum Gasteiger partial charge on any atom is 0.0149 e. The van der Waals surface area contributed by atoms with Gasteiger partial charge in [-0.15, -0.1) is 6.58 Å². The average molecular weight is 116 g/mol. The zero-order chi connectivity index (χ0) is 5.70. The first-order valence-electron chi connectivity index (χ1n) is 2.06. The largest absolute Gasteiger partial charge is 0.103 e. The van der Waals surface area contributed by atoms with Crippen molar-refractivity contribution in [3.63, 3.8) is 0 Å². The molecule has 0 aliphatic heterocycles. The van der Waals surface area contributed by atoms with Gasteiger partial charge in [-0.3, -0.25) is 0 Å². The first kappa shape index (κ1) is 6.77. The van der Waals surface area contributed by atoms with E-state index < -0.39 is 0 Å². The van der Waals surface area contributed by atoms with Crippen molar-refractivity contribution in [2.24, 2.45) is 0 Å². The minimum absolute atomic E-state index is 0.583. The molecule has 39 valence electrons. The van der Waals surface area contributed by atoms with Crippen LogP contribution in [0.3, 0.4) is 0 Å². The summed E-state index contributed by atoms with van der Waals surface area (Å²) >= 11 is 5.36. The molecule has 0 heterocycles. The molecule has 0 aromatic carbocycles. The molecule has 0 rings (SSSR count). The summed E-state index contributed by atoms with van der Waals surface area (Å²) < 4.78 is 0. The smallest absolute Gasteiger partial charge is 0.0149 e. The van der Waals surface area contributed by atoms with Gasteiger partial charge in [0.15, 0.2) is 0 Å². The van der Waals surface area contributed by atoms with Crippen molar-refractivity contribution in [2.45, 2.75) is 6.42 Å². The zero-order valence-electron chi connectivity index (χ0n) is 4.15. The fraction of sp³-hybridized carbons (Fsp3) is 0.167. The van der Waals surface area contributed by atoms with E-state index in [4.69, 9.17) is 11.6 Å². The SMILES string of the molecule is C=CC[CH]C(=C)Cl. The van der Waals surface area contributed by atoms with Crippen molar-refractivity contribution in [1.82, 2.24) is 0 Å². The molecule has 0 saturated heterocycles. The zero-order valence-corrected chi connectivity index (χ0v) is 4.91. The highest BCUT2D eigenvalue weighted by atomic mass is 35.5. The van der Waals surface area contributed by atoms with Crippen molar-refractivity contribution in [3.05, 3.63) is 30.7 Å². The van der Waals surface area contributed by atoms with Gasteiger partial charge in [0.25, 0.3) is 0 Å². The molecule has 0 N–H and O–H groups in total. The van der Waals surface area contributed by atoms with Gasteiger partial charge in [-0.25, -0.2) is 0 Å². The van der Waals surface area contributed by atoms with Crippen LogP contribution in [0.15, 0.2) is 24.3 Å². The van der Waals surface area contributed by atoms with Gasteiger partial charge in [0, 0.05) is 11.5 Å². The summed E-state index contributed by atoms with van der Waals surface area (Å²) in [5, 5.41) is 0.583. The summed E-state index contributed by atoms with van der Waals surface area (Å²) in [6.45, 7) is 6.96. The Morgan fingerprint density at radius 1 is 1.71 bits per heavy atom. The molecule has 0 spiro atoms. The highest BCUT2D eigenvalue weighted by Crippen LogP contribution is 2.03. The second-order valence-corrected chi connectivity index (χ2v) is 1.66. The van der Waals surface area contributed by atoms with Crippen molar-refractivity contribution >= 4 is 11.6 Å². The summed E-state index contributed by atoms with van der Waals surface area (Å²) in [6, 6.07) is 0. The summed E-state index contributed by atoms with van der Waals surface area (Å²) in [5.74, 6) is 0. The molecule has 0 aliphatic carbocycles. The molecule has 0 saturated carbocycles. The van der Waals surface area contributed by atoms with Gasteiger partial charge in [-0.2, -0.15) is 0 Å². The van der Waals surface area contributed by atoms with Crippen molar-refractivity contribution in [3.8, 4) is 0 Å². The minimum Gasteiger partial charge on any atom is -0.103 e. The number of rotatable bonds is 3. The van der Waals surface area contributed by atoms with Crippen LogP contribution in [0.2, 0.25) is 0 Å². The van der Waals surface area contributed by atoms with Crippen molar-refractivity contribution in [1.29, 1.82) is 0 Å². The molecule has 0 nitrogen and oxygen atoms in total. The monoisotopic (exact) mass is 115 g/mol. The van der Waals surface area contributed by atoms with Crippen LogP contribution in [0.4, 0.5) is 0 Å². The van der Waals surface area contributed by atoms with E-state index in [0.29, 0.717) is 5.03 Å². The summed E-state index contributed by atoms with van der Waals surface area (Å²) in [6.07, 6.45) is 4.38. The van der Waals surface area contributed by atoms with Crippen LogP contribution in [0, 0.1) is 6.42 Å². The second kappa shape index (κ2) is 3.94. The maximum absolute atomic E-state index is 5.36. The van der Waals surface area contributed by atoms with Crippen LogP contribution in [-0.2, 0) is 0 Å². The third-order valence-corrected chi connectivity index (χ3v) is 0.660. The van der Waals surface area contributed by atoms with E-state index in [1.807, 2.05) is 0 Å². The topological polar surface area (TPSA) is 0 Å². The lowest BCUT2D eigenvalue weighted by molar-refractivity contribution is 1.29. The third kappa shape index (κ3) is 5.77. The maximum atomic E-state index is 5.36. The Labute approximate surface area is 49.5 Å². The normalized spacial score (nSPS) is 8.14. The van der Waals surface area contributed by atoms with Crippen LogP contribution < -0.4 is 0 Å². The van der Waals surface area contributed by atoms with Crippen LogP contribution in [-0.4, -0.2) is 0 Å². The highest BCUT2D eigenvalue weighted by molar-refractivity contribution is 6.30. The lowest BCUT2D eigenvalue weighted by Crippen LogP contribution is -1.67. The van der Waals surface area contributed by atoms with E-state index in [1.54, 1.807) is 12.5 Å². The van der Waals surface area contributed by atoms with Crippen LogP contribution >= 0.6 is 11.6 Å². The molecular weight excluding hydrogens is 108 g/mol. The van der Waals surface area contributed by atoms with E-state index in [2.05, 4.69) is 13.2 Å². The lowest BCUT2D eigenvalue weighted by Gasteiger charge is -1.85. The lowest BCUT2D eigenvalue weighted by atomic mass is 10.3. The van der Waals surface area contributed by atoms with Gasteiger partial charge in [-0.05, 0) is 6.42 Å². The molecule has 1 heteroatoms. The third-order valence-electron chi connectivity index (χ3n) is 0.506. The van der Waals surface area contributed by atoms with E-state index in [1.165, 1.54) is 0 Å². The molecule has 0 bridgehead atoms. The molecule has 0 aromatic rings. The second-order valence-electron chi connectivity index (χ2n) is 1.18. The Balaban J connectivity index is 2.97. The summed E-state index contributed by atoms with van der Waals surface area (Å²) in [7, 11) is 0. The number of halogens is 1. The summed E-state index contributed by atoms with van der Waals surface area (Å²) in [4.78, 5) is 0. The first-order chi connectivity index (χ1) is 3.27. The standard InChI is InChI=1S/C6H8Cl/c1-3-4-5-6(2)7/h3,5H,1-2,4H2. The van der Waals surface area contributed by atoms with Gasteiger partial charge >= 0.3 is 0 Å². The van der Waals surface area contributed by atoms with Gasteiger partial charge in [0.2, 0.25) is 0 Å². The van der Waals surface area contributed by atoms with E-state index in [-0.39, 0.29) is 0 Å². The number of hydrogen-bond acceptors (Lipinski definition) is 0. The number of hydrogen-bond donors (Lipinski definition) is 0. The fourth-order valence-electron chi connectivity index (χ4n) is 0.211. The molecule has 0 fully saturated rings. The highest BCUT2D eigenvalue weighted by Gasteiger charge is 1.81. The fourth-order valence-corrected chi connectivity index (χ4v) is 0.300. The molecule has 0 unspecified atom stereocenters. The van der Waals surface area contributed by atoms with Gasteiger partial charge < -0.3 is 0 Å².